The third kappa shape index (κ3) is 3.01. The molecule has 0 atom stereocenters. The molecule has 0 unspecified atom stereocenters. The van der Waals surface area contributed by atoms with Crippen LogP contribution < -0.4 is 10.2 Å². The number of aromatic nitrogens is 4. The number of nitrogens with one attached hydrogen (secondary N) is 1. The van der Waals surface area contributed by atoms with Crippen molar-refractivity contribution in [3.8, 4) is 0 Å². The lowest BCUT2D eigenvalue weighted by molar-refractivity contribution is 0.763. The molecule has 0 radical (unpaired) electrons. The normalized spacial score (nSPS) is 10.8. The minimum atomic E-state index is 0.845. The van der Waals surface area contributed by atoms with Gasteiger partial charge in [0.05, 0.1) is 5.69 Å². The van der Waals surface area contributed by atoms with Crippen LogP contribution in [0.1, 0.15) is 11.3 Å². The molecule has 2 aromatic rings. The zero-order chi connectivity index (χ0) is 14.0. The van der Waals surface area contributed by atoms with Gasteiger partial charge in [-0.05, 0) is 6.92 Å². The Kier molecular flexibility index (Phi) is 4.31. The molecule has 6 nitrogen and oxygen atoms in total. The summed E-state index contributed by atoms with van der Waals surface area (Å²) in [6.45, 7) is 2.03. The largest absolute Gasteiger partial charge is 0.373 e. The molecule has 104 valence electrons. The topological polar surface area (TPSA) is 58.9 Å². The van der Waals surface area contributed by atoms with Gasteiger partial charge in [0.15, 0.2) is 4.34 Å². The van der Waals surface area contributed by atoms with Crippen LogP contribution in [0.4, 0.5) is 10.9 Å². The van der Waals surface area contributed by atoms with Crippen LogP contribution in [-0.2, 0) is 12.8 Å². The van der Waals surface area contributed by atoms with Crippen molar-refractivity contribution in [1.82, 2.24) is 20.0 Å². The maximum Gasteiger partial charge on any atom is 0.208 e. The lowest BCUT2D eigenvalue weighted by Crippen LogP contribution is -2.07. The number of aryl methyl sites for hydroxylation is 2. The van der Waals surface area contributed by atoms with Crippen LogP contribution in [0.3, 0.4) is 0 Å². The molecular weight excluding hydrogens is 280 g/mol. The molecule has 0 aliphatic rings. The smallest absolute Gasteiger partial charge is 0.208 e. The van der Waals surface area contributed by atoms with Gasteiger partial charge in [-0.25, -0.2) is 0 Å². The Morgan fingerprint density at radius 3 is 2.68 bits per heavy atom. The van der Waals surface area contributed by atoms with Crippen LogP contribution in [0, 0.1) is 6.92 Å². The molecule has 2 heterocycles. The van der Waals surface area contributed by atoms with Crippen molar-refractivity contribution in [2.75, 3.05) is 31.4 Å². The van der Waals surface area contributed by atoms with Crippen LogP contribution >= 0.6 is 23.1 Å². The van der Waals surface area contributed by atoms with Crippen LogP contribution in [0.15, 0.2) is 4.34 Å². The fourth-order valence-electron chi connectivity index (χ4n) is 1.76. The monoisotopic (exact) mass is 298 g/mol. The lowest BCUT2D eigenvalue weighted by Gasteiger charge is -2.04. The average Bonchev–Trinajstić information content (AvgIpc) is 2.91. The minimum Gasteiger partial charge on any atom is -0.373 e. The SMILES string of the molecule is CNc1c(CSc2nnc(N(C)C)s2)c(C)nn1C. The van der Waals surface area contributed by atoms with Crippen molar-refractivity contribution < 1.29 is 0 Å². The van der Waals surface area contributed by atoms with Gasteiger partial charge in [-0.1, -0.05) is 23.1 Å². The maximum absolute atomic E-state index is 4.43. The Bertz CT molecular complexity index is 560. The minimum absolute atomic E-state index is 0.845. The van der Waals surface area contributed by atoms with Crippen molar-refractivity contribution in [3.05, 3.63) is 11.3 Å². The summed E-state index contributed by atoms with van der Waals surface area (Å²) in [7, 11) is 7.81. The van der Waals surface area contributed by atoms with E-state index in [-0.39, 0.29) is 0 Å². The number of rotatable bonds is 5. The highest BCUT2D eigenvalue weighted by atomic mass is 32.2. The molecule has 19 heavy (non-hydrogen) atoms. The summed E-state index contributed by atoms with van der Waals surface area (Å²) in [5.74, 6) is 1.90. The van der Waals surface area contributed by atoms with Crippen LogP contribution in [0.2, 0.25) is 0 Å². The fourth-order valence-corrected chi connectivity index (χ4v) is 3.61. The Morgan fingerprint density at radius 1 is 1.37 bits per heavy atom. The summed E-state index contributed by atoms with van der Waals surface area (Å²) in [4.78, 5) is 1.97. The fraction of sp³-hybridized carbons (Fsp3) is 0.545. The van der Waals surface area contributed by atoms with E-state index in [1.165, 1.54) is 5.56 Å². The Morgan fingerprint density at radius 2 is 2.11 bits per heavy atom. The first-order valence-electron chi connectivity index (χ1n) is 5.86. The highest BCUT2D eigenvalue weighted by Gasteiger charge is 2.14. The van der Waals surface area contributed by atoms with Gasteiger partial charge in [-0.2, -0.15) is 5.10 Å². The molecule has 1 N–H and O–H groups in total. The second-order valence-electron chi connectivity index (χ2n) is 4.32. The zero-order valence-electron chi connectivity index (χ0n) is 11.8. The predicted octanol–water partition coefficient (Wildman–Crippen LogP) is 1.98. The van der Waals surface area contributed by atoms with E-state index in [1.54, 1.807) is 23.1 Å². The van der Waals surface area contributed by atoms with E-state index in [4.69, 9.17) is 0 Å². The third-order valence-corrected chi connectivity index (χ3v) is 4.95. The third-order valence-electron chi connectivity index (χ3n) is 2.70. The van der Waals surface area contributed by atoms with Crippen LogP contribution in [0.25, 0.3) is 0 Å². The maximum atomic E-state index is 4.43. The molecule has 0 aliphatic heterocycles. The zero-order valence-corrected chi connectivity index (χ0v) is 13.4. The summed E-state index contributed by atoms with van der Waals surface area (Å²) >= 11 is 3.30. The molecule has 8 heteroatoms. The van der Waals surface area contributed by atoms with Gasteiger partial charge in [-0.3, -0.25) is 4.68 Å². The molecule has 0 aromatic carbocycles. The van der Waals surface area contributed by atoms with Gasteiger partial charge in [0.25, 0.3) is 0 Å². The summed E-state index contributed by atoms with van der Waals surface area (Å²) < 4.78 is 2.85. The Hall–Kier alpha value is -1.28. The van der Waals surface area contributed by atoms with Crippen molar-refractivity contribution in [2.45, 2.75) is 17.0 Å². The number of nitrogens with zero attached hydrogens (tertiary/aromatic N) is 5. The first kappa shape index (κ1) is 14.1. The molecule has 0 amide bonds. The van der Waals surface area contributed by atoms with Gasteiger partial charge < -0.3 is 10.2 Å². The lowest BCUT2D eigenvalue weighted by atomic mass is 10.3. The molecule has 2 rings (SSSR count). The second kappa shape index (κ2) is 5.79. The van der Waals surface area contributed by atoms with E-state index < -0.39 is 0 Å². The number of thioether (sulfide) groups is 1. The van der Waals surface area contributed by atoms with Gasteiger partial charge in [-0.15, -0.1) is 10.2 Å². The summed E-state index contributed by atoms with van der Waals surface area (Å²) in [5.41, 5.74) is 2.27. The van der Waals surface area contributed by atoms with E-state index in [2.05, 4.69) is 20.6 Å². The van der Waals surface area contributed by atoms with Crippen LogP contribution in [0.5, 0.6) is 0 Å². The average molecular weight is 298 g/mol. The molecular formula is C11H18N6S2. The van der Waals surface area contributed by atoms with Gasteiger partial charge >= 0.3 is 0 Å². The molecule has 0 fully saturated rings. The van der Waals surface area contributed by atoms with E-state index >= 15 is 0 Å². The quantitative estimate of drug-likeness (QED) is 0.852. The summed E-state index contributed by atoms with van der Waals surface area (Å²) in [6, 6.07) is 0. The highest BCUT2D eigenvalue weighted by Crippen LogP contribution is 2.32. The molecule has 0 saturated heterocycles. The molecule has 0 aliphatic carbocycles. The molecule has 0 bridgehead atoms. The van der Waals surface area contributed by atoms with E-state index in [0.717, 1.165) is 26.7 Å². The van der Waals surface area contributed by atoms with Gasteiger partial charge in [0.1, 0.15) is 5.82 Å². The van der Waals surface area contributed by atoms with Gasteiger partial charge in [0.2, 0.25) is 5.13 Å². The van der Waals surface area contributed by atoms with Gasteiger partial charge in [0, 0.05) is 39.5 Å². The Balaban J connectivity index is 2.09. The van der Waals surface area contributed by atoms with Crippen molar-refractivity contribution in [1.29, 1.82) is 0 Å². The van der Waals surface area contributed by atoms with E-state index in [0.29, 0.717) is 0 Å². The van der Waals surface area contributed by atoms with Crippen molar-refractivity contribution in [3.63, 3.8) is 0 Å². The first-order chi connectivity index (χ1) is 9.02. The number of anilines is 2. The standard InChI is InChI=1S/C11H18N6S2/c1-7-8(9(12-2)17(5)15-7)6-18-11-14-13-10(19-11)16(3)4/h12H,6H2,1-5H3. The van der Waals surface area contributed by atoms with E-state index in [9.17, 15) is 0 Å². The Labute approximate surface area is 121 Å². The molecule has 2 aromatic heterocycles. The number of hydrogen-bond donors (Lipinski definition) is 1. The summed E-state index contributed by atoms with van der Waals surface area (Å²) in [5, 5.41) is 16.9. The second-order valence-corrected chi connectivity index (χ2v) is 6.50. The van der Waals surface area contributed by atoms with E-state index in [1.807, 2.05) is 44.7 Å². The van der Waals surface area contributed by atoms with Crippen LogP contribution in [-0.4, -0.2) is 41.1 Å². The predicted molar refractivity (Wildman–Crippen MR) is 81.3 cm³/mol. The van der Waals surface area contributed by atoms with Crippen molar-refractivity contribution in [2.24, 2.45) is 7.05 Å². The molecule has 0 spiro atoms. The van der Waals surface area contributed by atoms with Crippen molar-refractivity contribution >= 4 is 34.0 Å². The summed E-state index contributed by atoms with van der Waals surface area (Å²) in [6.07, 6.45) is 0. The highest BCUT2D eigenvalue weighted by molar-refractivity contribution is 8.00. The number of hydrogen-bond acceptors (Lipinski definition) is 7. The molecule has 0 saturated carbocycles. The first-order valence-corrected chi connectivity index (χ1v) is 7.67.